The number of hydrogen-bond acceptors (Lipinski definition) is 4. The summed E-state index contributed by atoms with van der Waals surface area (Å²) in [6.45, 7) is 0. The van der Waals surface area contributed by atoms with Gasteiger partial charge in [0.15, 0.2) is 0 Å². The summed E-state index contributed by atoms with van der Waals surface area (Å²) in [7, 11) is 1.31. The molecule has 0 aliphatic heterocycles. The molecule has 2 aromatic rings. The number of aromatic nitrogens is 1. The molecule has 1 aromatic heterocycles. The Hall–Kier alpha value is -2.40. The first kappa shape index (κ1) is 16.0. The number of nitrogens with one attached hydrogen (secondary N) is 1. The highest BCUT2D eigenvalue weighted by molar-refractivity contribution is 6.30. The molecule has 1 aromatic carbocycles. The molecule has 1 amide bonds. The number of pyridine rings is 1. The maximum absolute atomic E-state index is 12.2. The summed E-state index contributed by atoms with van der Waals surface area (Å²) in [5.41, 5.74) is 1.19. The summed E-state index contributed by atoms with van der Waals surface area (Å²) < 4.78 is 4.68. The predicted molar refractivity (Wildman–Crippen MR) is 82.5 cm³/mol. The minimum absolute atomic E-state index is 0.0319. The Kier molecular flexibility index (Phi) is 5.49. The largest absolute Gasteiger partial charge is 0.469 e. The predicted octanol–water partition coefficient (Wildman–Crippen LogP) is 2.77. The Labute approximate surface area is 133 Å². The van der Waals surface area contributed by atoms with E-state index in [9.17, 15) is 9.59 Å². The van der Waals surface area contributed by atoms with Gasteiger partial charge in [-0.2, -0.15) is 0 Å². The standard InChI is InChI=1S/C16H15ClN2O3/c1-22-15(20)9-14(11-4-6-13(17)7-5-11)19-16(21)12-3-2-8-18-10-12/h2-8,10,14H,9H2,1H3,(H,19,21). The number of nitrogens with zero attached hydrogens (tertiary/aromatic N) is 1. The van der Waals surface area contributed by atoms with E-state index in [0.717, 1.165) is 5.56 Å². The van der Waals surface area contributed by atoms with E-state index in [1.165, 1.54) is 13.3 Å². The summed E-state index contributed by atoms with van der Waals surface area (Å²) in [5, 5.41) is 3.39. The number of benzene rings is 1. The molecule has 0 radical (unpaired) electrons. The molecule has 0 aliphatic carbocycles. The second-order valence-corrected chi connectivity index (χ2v) is 5.04. The van der Waals surface area contributed by atoms with E-state index in [-0.39, 0.29) is 12.3 Å². The van der Waals surface area contributed by atoms with Gasteiger partial charge in [0, 0.05) is 17.4 Å². The van der Waals surface area contributed by atoms with Crippen LogP contribution in [0.5, 0.6) is 0 Å². The summed E-state index contributed by atoms with van der Waals surface area (Å²) in [4.78, 5) is 27.7. The molecule has 6 heteroatoms. The summed E-state index contributed by atoms with van der Waals surface area (Å²) >= 11 is 5.86. The average molecular weight is 319 g/mol. The van der Waals surface area contributed by atoms with Gasteiger partial charge in [-0.05, 0) is 29.8 Å². The lowest BCUT2D eigenvalue weighted by atomic mass is 10.0. The zero-order valence-corrected chi connectivity index (χ0v) is 12.7. The third-order valence-electron chi connectivity index (χ3n) is 3.10. The number of rotatable bonds is 5. The lowest BCUT2D eigenvalue weighted by Gasteiger charge is -2.18. The van der Waals surface area contributed by atoms with E-state index in [1.807, 2.05) is 0 Å². The van der Waals surface area contributed by atoms with Gasteiger partial charge in [-0.3, -0.25) is 14.6 Å². The first-order chi connectivity index (χ1) is 10.6. The van der Waals surface area contributed by atoms with Crippen molar-refractivity contribution in [3.05, 3.63) is 64.9 Å². The molecule has 114 valence electrons. The van der Waals surface area contributed by atoms with Crippen molar-refractivity contribution in [1.82, 2.24) is 10.3 Å². The monoisotopic (exact) mass is 318 g/mol. The molecule has 0 bridgehead atoms. The van der Waals surface area contributed by atoms with Crippen molar-refractivity contribution in [3.63, 3.8) is 0 Å². The van der Waals surface area contributed by atoms with Gasteiger partial charge in [0.2, 0.25) is 0 Å². The van der Waals surface area contributed by atoms with E-state index in [2.05, 4.69) is 15.0 Å². The Morgan fingerprint density at radius 3 is 2.59 bits per heavy atom. The maximum Gasteiger partial charge on any atom is 0.307 e. The Balaban J connectivity index is 2.19. The number of amides is 1. The highest BCUT2D eigenvalue weighted by atomic mass is 35.5. The van der Waals surface area contributed by atoms with Crippen LogP contribution in [0.2, 0.25) is 5.02 Å². The Morgan fingerprint density at radius 1 is 1.27 bits per heavy atom. The summed E-state index contributed by atoms with van der Waals surface area (Å²) in [6, 6.07) is 9.76. The van der Waals surface area contributed by atoms with Gasteiger partial charge in [-0.25, -0.2) is 0 Å². The van der Waals surface area contributed by atoms with Gasteiger partial charge < -0.3 is 10.1 Å². The number of halogens is 1. The smallest absolute Gasteiger partial charge is 0.307 e. The molecule has 1 unspecified atom stereocenters. The third-order valence-corrected chi connectivity index (χ3v) is 3.35. The molecule has 2 rings (SSSR count). The number of ether oxygens (including phenoxy) is 1. The lowest BCUT2D eigenvalue weighted by Crippen LogP contribution is -2.30. The van der Waals surface area contributed by atoms with Crippen LogP contribution < -0.4 is 5.32 Å². The molecule has 1 N–H and O–H groups in total. The molecular formula is C16H15ClN2O3. The van der Waals surface area contributed by atoms with Crippen LogP contribution in [-0.2, 0) is 9.53 Å². The van der Waals surface area contributed by atoms with Crippen molar-refractivity contribution < 1.29 is 14.3 Å². The number of carbonyl (C=O) groups excluding carboxylic acids is 2. The minimum Gasteiger partial charge on any atom is -0.469 e. The minimum atomic E-state index is -0.502. The van der Waals surface area contributed by atoms with Gasteiger partial charge in [-0.1, -0.05) is 23.7 Å². The van der Waals surface area contributed by atoms with Gasteiger partial charge in [0.1, 0.15) is 0 Å². The number of esters is 1. The van der Waals surface area contributed by atoms with Crippen LogP contribution in [0.4, 0.5) is 0 Å². The molecule has 22 heavy (non-hydrogen) atoms. The Morgan fingerprint density at radius 2 is 2.00 bits per heavy atom. The van der Waals surface area contributed by atoms with E-state index in [0.29, 0.717) is 10.6 Å². The van der Waals surface area contributed by atoms with Crippen LogP contribution in [0.1, 0.15) is 28.4 Å². The van der Waals surface area contributed by atoms with Crippen LogP contribution in [0.3, 0.4) is 0 Å². The van der Waals surface area contributed by atoms with Crippen molar-refractivity contribution in [1.29, 1.82) is 0 Å². The van der Waals surface area contributed by atoms with Gasteiger partial charge in [0.05, 0.1) is 25.1 Å². The summed E-state index contributed by atoms with van der Waals surface area (Å²) in [5.74, 6) is -0.719. The molecule has 0 aliphatic rings. The number of hydrogen-bond donors (Lipinski definition) is 1. The highest BCUT2D eigenvalue weighted by Gasteiger charge is 2.19. The topological polar surface area (TPSA) is 68.3 Å². The summed E-state index contributed by atoms with van der Waals surface area (Å²) in [6.07, 6.45) is 3.08. The van der Waals surface area contributed by atoms with Crippen LogP contribution in [-0.4, -0.2) is 24.0 Å². The van der Waals surface area contributed by atoms with Crippen molar-refractivity contribution in [2.45, 2.75) is 12.5 Å². The normalized spacial score (nSPS) is 11.5. The Bertz CT molecular complexity index is 644. The molecule has 0 fully saturated rings. The SMILES string of the molecule is COC(=O)CC(NC(=O)c1cccnc1)c1ccc(Cl)cc1. The highest BCUT2D eigenvalue weighted by Crippen LogP contribution is 2.20. The molecule has 1 atom stereocenters. The average Bonchev–Trinajstić information content (AvgIpc) is 2.55. The van der Waals surface area contributed by atoms with Crippen LogP contribution in [0.15, 0.2) is 48.8 Å². The van der Waals surface area contributed by atoms with Gasteiger partial charge in [0.25, 0.3) is 5.91 Å². The van der Waals surface area contributed by atoms with E-state index in [1.54, 1.807) is 42.6 Å². The molecule has 0 saturated carbocycles. The van der Waals surface area contributed by atoms with Gasteiger partial charge in [-0.15, -0.1) is 0 Å². The second-order valence-electron chi connectivity index (χ2n) is 4.60. The van der Waals surface area contributed by atoms with Crippen molar-refractivity contribution in [2.75, 3.05) is 7.11 Å². The lowest BCUT2D eigenvalue weighted by molar-refractivity contribution is -0.141. The first-order valence-electron chi connectivity index (χ1n) is 6.63. The quantitative estimate of drug-likeness (QED) is 0.861. The fourth-order valence-corrected chi connectivity index (χ4v) is 2.06. The second kappa shape index (κ2) is 7.56. The van der Waals surface area contributed by atoms with Crippen LogP contribution in [0, 0.1) is 0 Å². The molecule has 1 heterocycles. The molecular weight excluding hydrogens is 304 g/mol. The van der Waals surface area contributed by atoms with Crippen molar-refractivity contribution in [3.8, 4) is 0 Å². The first-order valence-corrected chi connectivity index (χ1v) is 7.01. The van der Waals surface area contributed by atoms with Crippen molar-refractivity contribution in [2.24, 2.45) is 0 Å². The molecule has 0 saturated heterocycles. The van der Waals surface area contributed by atoms with Crippen molar-refractivity contribution >= 4 is 23.5 Å². The van der Waals surface area contributed by atoms with Crippen LogP contribution in [0.25, 0.3) is 0 Å². The molecule has 0 spiro atoms. The zero-order chi connectivity index (χ0) is 15.9. The number of carbonyl (C=O) groups is 2. The zero-order valence-electron chi connectivity index (χ0n) is 12.0. The van der Waals surface area contributed by atoms with E-state index >= 15 is 0 Å². The molecule has 5 nitrogen and oxygen atoms in total. The number of methoxy groups -OCH3 is 1. The maximum atomic E-state index is 12.2. The van der Waals surface area contributed by atoms with E-state index < -0.39 is 12.0 Å². The van der Waals surface area contributed by atoms with Gasteiger partial charge >= 0.3 is 5.97 Å². The van der Waals surface area contributed by atoms with E-state index in [4.69, 9.17) is 11.6 Å². The van der Waals surface area contributed by atoms with Crippen LogP contribution >= 0.6 is 11.6 Å². The fraction of sp³-hybridized carbons (Fsp3) is 0.188. The fourth-order valence-electron chi connectivity index (χ4n) is 1.94. The third kappa shape index (κ3) is 4.30.